The van der Waals surface area contributed by atoms with Gasteiger partial charge in [0.25, 0.3) is 0 Å². The van der Waals surface area contributed by atoms with Crippen molar-refractivity contribution >= 4 is 11.6 Å². The van der Waals surface area contributed by atoms with Crippen LogP contribution in [0.2, 0.25) is 0 Å². The number of benzene rings is 1. The molecule has 0 amide bonds. The number of aliphatic imine (C=N–C) groups is 1. The summed E-state index contributed by atoms with van der Waals surface area (Å²) in [4.78, 5) is 8.60. The van der Waals surface area contributed by atoms with Crippen LogP contribution < -0.4 is 15.8 Å². The number of rotatable bonds is 4. The number of aromatic nitrogens is 1. The van der Waals surface area contributed by atoms with Crippen molar-refractivity contribution in [2.75, 3.05) is 12.4 Å². The van der Waals surface area contributed by atoms with Gasteiger partial charge < -0.3 is 15.8 Å². The summed E-state index contributed by atoms with van der Waals surface area (Å²) in [5, 5.41) is 3.10. The highest BCUT2D eigenvalue weighted by Gasteiger charge is 2.25. The van der Waals surface area contributed by atoms with Crippen LogP contribution >= 0.6 is 0 Å². The third kappa shape index (κ3) is 4.31. The molecule has 2 aromatic rings. The maximum atomic E-state index is 14.3. The molecule has 138 valence electrons. The Bertz CT molecular complexity index is 785. The molecule has 1 saturated carbocycles. The highest BCUT2D eigenvalue weighted by Crippen LogP contribution is 2.35. The number of nitrogens with zero attached hydrogens (tertiary/aromatic N) is 2. The average Bonchev–Trinajstić information content (AvgIpc) is 2.65. The van der Waals surface area contributed by atoms with Crippen molar-refractivity contribution in [1.29, 1.82) is 0 Å². The van der Waals surface area contributed by atoms with Crippen molar-refractivity contribution in [3.8, 4) is 5.75 Å². The van der Waals surface area contributed by atoms with Crippen LogP contribution in [0, 0.1) is 12.7 Å². The lowest BCUT2D eigenvalue weighted by atomic mass is 9.82. The van der Waals surface area contributed by atoms with E-state index in [2.05, 4.69) is 15.3 Å². The minimum atomic E-state index is -0.168. The van der Waals surface area contributed by atoms with E-state index >= 15 is 0 Å². The number of aryl methyl sites for hydroxylation is 1. The number of ether oxygens (including phenoxy) is 1. The molecule has 1 aliphatic carbocycles. The second-order valence-corrected chi connectivity index (χ2v) is 6.68. The van der Waals surface area contributed by atoms with Crippen LogP contribution in [-0.2, 0) is 0 Å². The van der Waals surface area contributed by atoms with Crippen LogP contribution in [0.3, 0.4) is 0 Å². The minimum Gasteiger partial charge on any atom is -0.497 e. The van der Waals surface area contributed by atoms with E-state index in [9.17, 15) is 4.39 Å². The zero-order valence-electron chi connectivity index (χ0n) is 15.2. The summed E-state index contributed by atoms with van der Waals surface area (Å²) in [5.74, 6) is 1.22. The van der Waals surface area contributed by atoms with Gasteiger partial charge in [-0.2, -0.15) is 0 Å². The fraction of sp³-hybridized carbons (Fsp3) is 0.400. The smallest absolute Gasteiger partial charge is 0.193 e. The summed E-state index contributed by atoms with van der Waals surface area (Å²) in [6.07, 6.45) is 5.29. The molecule has 3 rings (SSSR count). The number of pyridine rings is 1. The fourth-order valence-electron chi connectivity index (χ4n) is 3.48. The highest BCUT2D eigenvalue weighted by atomic mass is 19.1. The first-order valence-electron chi connectivity index (χ1n) is 8.92. The van der Waals surface area contributed by atoms with Gasteiger partial charge in [-0.05, 0) is 62.3 Å². The molecule has 0 radical (unpaired) electrons. The summed E-state index contributed by atoms with van der Waals surface area (Å²) < 4.78 is 19.5. The summed E-state index contributed by atoms with van der Waals surface area (Å²) in [6.45, 7) is 1.71. The van der Waals surface area contributed by atoms with Crippen molar-refractivity contribution in [3.63, 3.8) is 0 Å². The number of hydrogen-bond donors (Lipinski definition) is 2. The lowest BCUT2D eigenvalue weighted by Crippen LogP contribution is -2.27. The maximum absolute atomic E-state index is 14.3. The Labute approximate surface area is 153 Å². The van der Waals surface area contributed by atoms with Gasteiger partial charge in [0.15, 0.2) is 5.96 Å². The van der Waals surface area contributed by atoms with Gasteiger partial charge in [-0.15, -0.1) is 0 Å². The van der Waals surface area contributed by atoms with E-state index in [1.54, 1.807) is 26.3 Å². The van der Waals surface area contributed by atoms with E-state index in [4.69, 9.17) is 10.5 Å². The van der Waals surface area contributed by atoms with E-state index in [-0.39, 0.29) is 17.8 Å². The Morgan fingerprint density at radius 1 is 1.27 bits per heavy atom. The van der Waals surface area contributed by atoms with Crippen LogP contribution in [0.15, 0.2) is 41.5 Å². The SMILES string of the molecule is COc1cccc(NC(N)=NC2CCC(c3ccnc(C)c3F)CC2)c1. The van der Waals surface area contributed by atoms with Gasteiger partial charge in [0.1, 0.15) is 11.6 Å². The molecule has 0 unspecified atom stereocenters. The van der Waals surface area contributed by atoms with Gasteiger partial charge in [0, 0.05) is 18.0 Å². The first-order chi connectivity index (χ1) is 12.6. The molecule has 0 atom stereocenters. The lowest BCUT2D eigenvalue weighted by molar-refractivity contribution is 0.387. The molecule has 0 saturated heterocycles. The van der Waals surface area contributed by atoms with Crippen molar-refractivity contribution in [2.24, 2.45) is 10.7 Å². The summed E-state index contributed by atoms with van der Waals surface area (Å²) in [5.41, 5.74) is 8.14. The molecule has 1 aliphatic rings. The molecule has 26 heavy (non-hydrogen) atoms. The summed E-state index contributed by atoms with van der Waals surface area (Å²) >= 11 is 0. The van der Waals surface area contributed by atoms with Gasteiger partial charge >= 0.3 is 0 Å². The lowest BCUT2D eigenvalue weighted by Gasteiger charge is -2.27. The number of halogens is 1. The molecule has 0 spiro atoms. The maximum Gasteiger partial charge on any atom is 0.193 e. The van der Waals surface area contributed by atoms with Gasteiger partial charge in [-0.25, -0.2) is 9.38 Å². The zero-order chi connectivity index (χ0) is 18.5. The highest BCUT2D eigenvalue weighted by molar-refractivity contribution is 5.92. The zero-order valence-corrected chi connectivity index (χ0v) is 15.2. The van der Waals surface area contributed by atoms with E-state index in [0.29, 0.717) is 11.7 Å². The number of guanidine groups is 1. The summed E-state index contributed by atoms with van der Waals surface area (Å²) in [6, 6.07) is 9.51. The summed E-state index contributed by atoms with van der Waals surface area (Å²) in [7, 11) is 1.63. The fourth-order valence-corrected chi connectivity index (χ4v) is 3.48. The van der Waals surface area contributed by atoms with Crippen LogP contribution in [-0.4, -0.2) is 24.1 Å². The standard InChI is InChI=1S/C20H25FN4O/c1-13-19(21)18(10-11-23-13)14-6-8-15(9-7-14)24-20(22)25-16-4-3-5-17(12-16)26-2/h3-5,10-12,14-15H,6-9H2,1-2H3,(H3,22,24,25). The topological polar surface area (TPSA) is 72.5 Å². The van der Waals surface area contributed by atoms with Crippen LogP contribution in [0.5, 0.6) is 5.75 Å². The molecule has 3 N–H and O–H groups in total. The normalized spacial score (nSPS) is 20.7. The molecule has 1 heterocycles. The van der Waals surface area contributed by atoms with E-state index in [1.807, 2.05) is 24.3 Å². The van der Waals surface area contributed by atoms with Gasteiger partial charge in [0.05, 0.1) is 18.8 Å². The third-order valence-corrected chi connectivity index (χ3v) is 4.89. The number of nitrogens with two attached hydrogens (primary N) is 1. The number of hydrogen-bond acceptors (Lipinski definition) is 3. The van der Waals surface area contributed by atoms with Crippen LogP contribution in [0.4, 0.5) is 10.1 Å². The monoisotopic (exact) mass is 356 g/mol. The predicted octanol–water partition coefficient (Wildman–Crippen LogP) is 3.99. The van der Waals surface area contributed by atoms with Crippen LogP contribution in [0.25, 0.3) is 0 Å². The molecule has 5 nitrogen and oxygen atoms in total. The minimum absolute atomic E-state index is 0.162. The van der Waals surface area contributed by atoms with E-state index in [1.165, 1.54) is 0 Å². The van der Waals surface area contributed by atoms with Crippen LogP contribution in [0.1, 0.15) is 42.9 Å². The molecular weight excluding hydrogens is 331 g/mol. The first kappa shape index (κ1) is 18.2. The molecule has 0 aliphatic heterocycles. The Balaban J connectivity index is 1.59. The molecule has 1 aromatic heterocycles. The Morgan fingerprint density at radius 2 is 2.04 bits per heavy atom. The largest absolute Gasteiger partial charge is 0.497 e. The van der Waals surface area contributed by atoms with E-state index in [0.717, 1.165) is 42.7 Å². The number of anilines is 1. The Hall–Kier alpha value is -2.63. The van der Waals surface area contributed by atoms with Crippen molar-refractivity contribution in [2.45, 2.75) is 44.6 Å². The Morgan fingerprint density at radius 3 is 2.77 bits per heavy atom. The Kier molecular flexibility index (Phi) is 5.71. The molecular formula is C20H25FN4O. The first-order valence-corrected chi connectivity index (χ1v) is 8.92. The third-order valence-electron chi connectivity index (χ3n) is 4.89. The number of methoxy groups -OCH3 is 1. The average molecular weight is 356 g/mol. The molecule has 1 aromatic carbocycles. The predicted molar refractivity (Wildman–Crippen MR) is 102 cm³/mol. The second-order valence-electron chi connectivity index (χ2n) is 6.68. The van der Waals surface area contributed by atoms with Gasteiger partial charge in [-0.3, -0.25) is 4.98 Å². The van der Waals surface area contributed by atoms with Crippen molar-refractivity contribution < 1.29 is 9.13 Å². The molecule has 1 fully saturated rings. The van der Waals surface area contributed by atoms with Crippen molar-refractivity contribution in [3.05, 3.63) is 53.6 Å². The molecule has 0 bridgehead atoms. The second kappa shape index (κ2) is 8.17. The quantitative estimate of drug-likeness (QED) is 0.642. The van der Waals surface area contributed by atoms with Crippen molar-refractivity contribution in [1.82, 2.24) is 4.98 Å². The van der Waals surface area contributed by atoms with Gasteiger partial charge in [-0.1, -0.05) is 6.07 Å². The van der Waals surface area contributed by atoms with Gasteiger partial charge in [0.2, 0.25) is 0 Å². The van der Waals surface area contributed by atoms with E-state index < -0.39 is 0 Å². The number of nitrogens with one attached hydrogen (secondary N) is 1. The molecule has 6 heteroatoms.